The minimum absolute atomic E-state index is 0.195. The van der Waals surface area contributed by atoms with Crippen LogP contribution in [-0.4, -0.2) is 0 Å². The van der Waals surface area contributed by atoms with Crippen molar-refractivity contribution in [2.75, 3.05) is 0 Å². The SMILES string of the molecule is CCCCc1cc(C)c([O])c(C)c1. The van der Waals surface area contributed by atoms with E-state index in [1.54, 1.807) is 0 Å². The highest BCUT2D eigenvalue weighted by Crippen LogP contribution is 2.24. The summed E-state index contributed by atoms with van der Waals surface area (Å²) in [5.74, 6) is 0.195. The molecule has 0 atom stereocenters. The number of aryl methyl sites for hydroxylation is 3. The van der Waals surface area contributed by atoms with E-state index in [1.807, 2.05) is 26.0 Å². The van der Waals surface area contributed by atoms with Crippen molar-refractivity contribution in [3.05, 3.63) is 28.8 Å². The van der Waals surface area contributed by atoms with Gasteiger partial charge in [0.05, 0.1) is 0 Å². The van der Waals surface area contributed by atoms with Crippen molar-refractivity contribution in [3.8, 4) is 5.75 Å². The standard InChI is InChI=1S/C12H17O/c1-4-5-6-11-7-9(2)12(13)10(3)8-11/h7-8H,4-6H2,1-3H3. The lowest BCUT2D eigenvalue weighted by Crippen LogP contribution is -1.88. The largest absolute Gasteiger partial charge is 0.289 e. The summed E-state index contributed by atoms with van der Waals surface area (Å²) in [7, 11) is 0. The number of unbranched alkanes of at least 4 members (excludes halogenated alkanes) is 1. The summed E-state index contributed by atoms with van der Waals surface area (Å²) in [6, 6.07) is 4.04. The third-order valence-corrected chi connectivity index (χ3v) is 2.34. The van der Waals surface area contributed by atoms with Crippen molar-refractivity contribution < 1.29 is 5.11 Å². The van der Waals surface area contributed by atoms with Crippen LogP contribution in [0.25, 0.3) is 0 Å². The lowest BCUT2D eigenvalue weighted by Gasteiger charge is -2.05. The molecule has 13 heavy (non-hydrogen) atoms. The Kier molecular flexibility index (Phi) is 3.35. The highest BCUT2D eigenvalue weighted by atomic mass is 16.3. The van der Waals surface area contributed by atoms with E-state index in [9.17, 15) is 5.11 Å². The quantitative estimate of drug-likeness (QED) is 0.669. The average molecular weight is 177 g/mol. The average Bonchev–Trinajstić information content (AvgIpc) is 2.10. The fraction of sp³-hybridized carbons (Fsp3) is 0.500. The van der Waals surface area contributed by atoms with E-state index in [0.29, 0.717) is 0 Å². The molecule has 1 rings (SSSR count). The maximum absolute atomic E-state index is 11.4. The molecule has 1 heteroatoms. The zero-order chi connectivity index (χ0) is 9.84. The fourth-order valence-electron chi connectivity index (χ4n) is 1.57. The van der Waals surface area contributed by atoms with Gasteiger partial charge >= 0.3 is 0 Å². The monoisotopic (exact) mass is 177 g/mol. The van der Waals surface area contributed by atoms with Crippen molar-refractivity contribution >= 4 is 0 Å². The van der Waals surface area contributed by atoms with Gasteiger partial charge in [0.15, 0.2) is 5.75 Å². The summed E-state index contributed by atoms with van der Waals surface area (Å²) in [5.41, 5.74) is 3.06. The topological polar surface area (TPSA) is 19.9 Å². The maximum Gasteiger partial charge on any atom is 0.184 e. The molecular formula is C12H17O. The Hall–Kier alpha value is -0.980. The Morgan fingerprint density at radius 2 is 1.69 bits per heavy atom. The molecule has 0 unspecified atom stereocenters. The summed E-state index contributed by atoms with van der Waals surface area (Å²) in [6.45, 7) is 5.97. The zero-order valence-corrected chi connectivity index (χ0v) is 8.68. The van der Waals surface area contributed by atoms with E-state index in [0.717, 1.165) is 17.5 Å². The molecule has 0 saturated carbocycles. The normalized spacial score (nSPS) is 10.4. The highest BCUT2D eigenvalue weighted by Gasteiger charge is 2.04. The molecule has 0 aliphatic rings. The predicted molar refractivity (Wildman–Crippen MR) is 54.7 cm³/mol. The third-order valence-electron chi connectivity index (χ3n) is 2.34. The van der Waals surface area contributed by atoms with Crippen LogP contribution in [0.4, 0.5) is 0 Å². The second-order valence-electron chi connectivity index (χ2n) is 3.66. The number of rotatable bonds is 3. The van der Waals surface area contributed by atoms with Crippen molar-refractivity contribution in [2.45, 2.75) is 40.0 Å². The minimum atomic E-state index is 0.195. The van der Waals surface area contributed by atoms with Gasteiger partial charge in [-0.15, -0.1) is 0 Å². The van der Waals surface area contributed by atoms with Gasteiger partial charge in [0, 0.05) is 0 Å². The van der Waals surface area contributed by atoms with Crippen molar-refractivity contribution in [1.29, 1.82) is 0 Å². The first kappa shape index (κ1) is 10.1. The van der Waals surface area contributed by atoms with Gasteiger partial charge in [-0.2, -0.15) is 0 Å². The van der Waals surface area contributed by atoms with Crippen LogP contribution in [0.5, 0.6) is 5.75 Å². The number of benzene rings is 1. The summed E-state index contributed by atoms with van der Waals surface area (Å²) in [5, 5.41) is 11.4. The van der Waals surface area contributed by atoms with Crippen molar-refractivity contribution in [1.82, 2.24) is 0 Å². The molecule has 71 valence electrons. The molecule has 0 fully saturated rings. The molecule has 0 amide bonds. The van der Waals surface area contributed by atoms with Crippen LogP contribution >= 0.6 is 0 Å². The molecule has 0 aliphatic heterocycles. The zero-order valence-electron chi connectivity index (χ0n) is 8.68. The van der Waals surface area contributed by atoms with Crippen LogP contribution in [0.1, 0.15) is 36.5 Å². The first-order chi connectivity index (χ1) is 6.15. The van der Waals surface area contributed by atoms with Crippen LogP contribution in [0.15, 0.2) is 12.1 Å². The van der Waals surface area contributed by atoms with Crippen LogP contribution in [-0.2, 0) is 11.5 Å². The van der Waals surface area contributed by atoms with Crippen LogP contribution < -0.4 is 0 Å². The molecular weight excluding hydrogens is 160 g/mol. The Labute approximate surface area is 80.4 Å². The molecule has 0 aliphatic carbocycles. The molecule has 0 saturated heterocycles. The van der Waals surface area contributed by atoms with E-state index in [4.69, 9.17) is 0 Å². The molecule has 0 spiro atoms. The Balaban J connectivity index is 2.86. The summed E-state index contributed by atoms with van der Waals surface area (Å²) >= 11 is 0. The first-order valence-corrected chi connectivity index (χ1v) is 4.92. The number of hydrogen-bond donors (Lipinski definition) is 0. The van der Waals surface area contributed by atoms with E-state index < -0.39 is 0 Å². The molecule has 1 radical (unpaired) electrons. The van der Waals surface area contributed by atoms with E-state index in [-0.39, 0.29) is 5.75 Å². The van der Waals surface area contributed by atoms with Gasteiger partial charge in [0.1, 0.15) is 0 Å². The van der Waals surface area contributed by atoms with E-state index in [1.165, 1.54) is 18.4 Å². The van der Waals surface area contributed by atoms with Gasteiger partial charge in [-0.25, -0.2) is 0 Å². The minimum Gasteiger partial charge on any atom is -0.289 e. The highest BCUT2D eigenvalue weighted by molar-refractivity contribution is 5.41. The molecule has 0 aromatic heterocycles. The van der Waals surface area contributed by atoms with Crippen molar-refractivity contribution in [3.63, 3.8) is 0 Å². The van der Waals surface area contributed by atoms with Crippen LogP contribution in [0, 0.1) is 13.8 Å². The van der Waals surface area contributed by atoms with E-state index in [2.05, 4.69) is 6.92 Å². The Morgan fingerprint density at radius 3 is 2.15 bits per heavy atom. The van der Waals surface area contributed by atoms with E-state index >= 15 is 0 Å². The van der Waals surface area contributed by atoms with Gasteiger partial charge < -0.3 is 0 Å². The third kappa shape index (κ3) is 2.48. The number of hydrogen-bond acceptors (Lipinski definition) is 0. The molecule has 1 aromatic carbocycles. The summed E-state index contributed by atoms with van der Waals surface area (Å²) in [4.78, 5) is 0. The molecule has 1 aromatic rings. The molecule has 1 nitrogen and oxygen atoms in total. The second kappa shape index (κ2) is 4.31. The van der Waals surface area contributed by atoms with Crippen LogP contribution in [0.3, 0.4) is 0 Å². The maximum atomic E-state index is 11.4. The molecule has 0 heterocycles. The van der Waals surface area contributed by atoms with Gasteiger partial charge in [-0.05, 0) is 43.4 Å². The van der Waals surface area contributed by atoms with Crippen LogP contribution in [0.2, 0.25) is 0 Å². The summed E-state index contributed by atoms with van der Waals surface area (Å²) < 4.78 is 0. The Bertz CT molecular complexity index is 266. The van der Waals surface area contributed by atoms with Gasteiger partial charge in [0.25, 0.3) is 0 Å². The predicted octanol–water partition coefficient (Wildman–Crippen LogP) is 3.79. The fourth-order valence-corrected chi connectivity index (χ4v) is 1.57. The lowest BCUT2D eigenvalue weighted by atomic mass is 10.0. The Morgan fingerprint density at radius 1 is 1.15 bits per heavy atom. The molecule has 0 N–H and O–H groups in total. The smallest absolute Gasteiger partial charge is 0.184 e. The molecule has 0 bridgehead atoms. The first-order valence-electron chi connectivity index (χ1n) is 4.92. The van der Waals surface area contributed by atoms with Crippen molar-refractivity contribution in [2.24, 2.45) is 0 Å². The second-order valence-corrected chi connectivity index (χ2v) is 3.66. The summed E-state index contributed by atoms with van der Waals surface area (Å²) in [6.07, 6.45) is 3.51. The van der Waals surface area contributed by atoms with Gasteiger partial charge in [0.2, 0.25) is 0 Å². The van der Waals surface area contributed by atoms with Gasteiger partial charge in [-0.1, -0.05) is 25.5 Å². The van der Waals surface area contributed by atoms with Gasteiger partial charge in [-0.3, -0.25) is 5.11 Å². The lowest BCUT2D eigenvalue weighted by molar-refractivity contribution is 0.348.